The summed E-state index contributed by atoms with van der Waals surface area (Å²) in [4.78, 5) is 0. The first-order chi connectivity index (χ1) is 8.84. The van der Waals surface area contributed by atoms with E-state index in [1.54, 1.807) is 0 Å². The highest BCUT2D eigenvalue weighted by molar-refractivity contribution is 5.01. The van der Waals surface area contributed by atoms with Gasteiger partial charge >= 0.3 is 0 Å². The van der Waals surface area contributed by atoms with Gasteiger partial charge in [-0.15, -0.1) is 0 Å². The molecule has 0 heterocycles. The van der Waals surface area contributed by atoms with Crippen molar-refractivity contribution in [1.29, 1.82) is 0 Å². The monoisotopic (exact) mass is 248 g/mol. The lowest BCUT2D eigenvalue weighted by Gasteiger charge is -2.53. The average Bonchev–Trinajstić information content (AvgIpc) is 2.86. The lowest BCUT2D eigenvalue weighted by molar-refractivity contribution is -0.0966. The third-order valence-corrected chi connectivity index (χ3v) is 7.08. The van der Waals surface area contributed by atoms with Crippen LogP contribution in [-0.2, 0) is 0 Å². The quantitative estimate of drug-likeness (QED) is 0.687. The summed E-state index contributed by atoms with van der Waals surface area (Å²) >= 11 is 0. The Labute approximate surface area is 111 Å². The first-order valence-electron chi connectivity index (χ1n) is 8.52. The summed E-state index contributed by atoms with van der Waals surface area (Å²) in [7, 11) is 0. The molecule has 4 aliphatic carbocycles. The molecular formula is C17H28O. The van der Waals surface area contributed by atoms with Crippen LogP contribution in [0.2, 0.25) is 0 Å². The zero-order valence-corrected chi connectivity index (χ0v) is 11.6. The van der Waals surface area contributed by atoms with E-state index in [9.17, 15) is 5.11 Å². The maximum Gasteiger partial charge on any atom is 0.0576 e. The second-order valence-electron chi connectivity index (χ2n) is 7.68. The van der Waals surface area contributed by atoms with Crippen LogP contribution < -0.4 is 0 Å². The topological polar surface area (TPSA) is 20.2 Å². The maximum absolute atomic E-state index is 10.7. The smallest absolute Gasteiger partial charge is 0.0576 e. The summed E-state index contributed by atoms with van der Waals surface area (Å²) < 4.78 is 0. The summed E-state index contributed by atoms with van der Waals surface area (Å²) in [6, 6.07) is 0. The van der Waals surface area contributed by atoms with Crippen molar-refractivity contribution in [2.45, 2.75) is 70.3 Å². The summed E-state index contributed by atoms with van der Waals surface area (Å²) in [6.45, 7) is 0. The summed E-state index contributed by atoms with van der Waals surface area (Å²) in [5, 5.41) is 10.7. The summed E-state index contributed by atoms with van der Waals surface area (Å²) in [6.07, 6.45) is 14.3. The highest BCUT2D eigenvalue weighted by Crippen LogP contribution is 2.57. The van der Waals surface area contributed by atoms with Crippen molar-refractivity contribution in [2.24, 2.45) is 35.5 Å². The Morgan fingerprint density at radius 2 is 1.39 bits per heavy atom. The van der Waals surface area contributed by atoms with Crippen molar-refractivity contribution in [1.82, 2.24) is 0 Å². The van der Waals surface area contributed by atoms with E-state index in [1.807, 2.05) is 0 Å². The number of aliphatic hydroxyl groups is 1. The van der Waals surface area contributed by atoms with Gasteiger partial charge in [0.15, 0.2) is 0 Å². The minimum Gasteiger partial charge on any atom is -0.393 e. The number of aliphatic hydroxyl groups excluding tert-OH is 1. The fourth-order valence-corrected chi connectivity index (χ4v) is 6.48. The molecule has 1 heteroatoms. The highest BCUT2D eigenvalue weighted by atomic mass is 16.3. The first-order valence-corrected chi connectivity index (χ1v) is 8.52. The van der Waals surface area contributed by atoms with Gasteiger partial charge in [0.25, 0.3) is 0 Å². The molecule has 4 aliphatic rings. The van der Waals surface area contributed by atoms with Gasteiger partial charge in [0.05, 0.1) is 6.10 Å². The Bertz CT molecular complexity index is 313. The number of rotatable bonds is 0. The number of hydrogen-bond acceptors (Lipinski definition) is 1. The van der Waals surface area contributed by atoms with Crippen molar-refractivity contribution in [3.8, 4) is 0 Å². The van der Waals surface area contributed by atoms with Gasteiger partial charge < -0.3 is 5.11 Å². The predicted octanol–water partition coefficient (Wildman–Crippen LogP) is 4.00. The second kappa shape index (κ2) is 4.51. The zero-order chi connectivity index (χ0) is 12.1. The lowest BCUT2D eigenvalue weighted by atomic mass is 9.53. The van der Waals surface area contributed by atoms with Crippen LogP contribution in [0.5, 0.6) is 0 Å². The minimum atomic E-state index is 0.0558. The van der Waals surface area contributed by atoms with E-state index in [0.29, 0.717) is 5.92 Å². The molecule has 0 radical (unpaired) electrons. The largest absolute Gasteiger partial charge is 0.393 e. The third-order valence-electron chi connectivity index (χ3n) is 7.08. The lowest BCUT2D eigenvalue weighted by Crippen LogP contribution is -2.50. The standard InChI is InChI=1S/C17H28O/c18-16-10-12-5-3-7-13(12)15-9-8-11-4-1-2-6-14(11)17(15)16/h11-18H,1-10H2/t11?,12?,13?,14?,15?,16-,17?/m0/s1. The van der Waals surface area contributed by atoms with E-state index in [2.05, 4.69) is 0 Å². The molecule has 0 aromatic rings. The fourth-order valence-electron chi connectivity index (χ4n) is 6.48. The third kappa shape index (κ3) is 1.69. The molecule has 0 saturated heterocycles. The Balaban J connectivity index is 1.61. The van der Waals surface area contributed by atoms with Crippen molar-refractivity contribution >= 4 is 0 Å². The number of fused-ring (bicyclic) bond motifs is 5. The van der Waals surface area contributed by atoms with Crippen LogP contribution >= 0.6 is 0 Å². The molecule has 4 saturated carbocycles. The molecule has 7 atom stereocenters. The fraction of sp³-hybridized carbons (Fsp3) is 1.00. The van der Waals surface area contributed by atoms with Gasteiger partial charge in [0.2, 0.25) is 0 Å². The van der Waals surface area contributed by atoms with Crippen LogP contribution in [-0.4, -0.2) is 11.2 Å². The molecule has 102 valence electrons. The molecule has 4 fully saturated rings. The van der Waals surface area contributed by atoms with Gasteiger partial charge in [0.1, 0.15) is 0 Å². The summed E-state index contributed by atoms with van der Waals surface area (Å²) in [5.41, 5.74) is 0. The Morgan fingerprint density at radius 3 is 2.33 bits per heavy atom. The van der Waals surface area contributed by atoms with E-state index in [0.717, 1.165) is 36.0 Å². The van der Waals surface area contributed by atoms with E-state index >= 15 is 0 Å². The molecule has 0 amide bonds. The van der Waals surface area contributed by atoms with Crippen molar-refractivity contribution in [3.05, 3.63) is 0 Å². The Kier molecular flexibility index (Phi) is 2.94. The maximum atomic E-state index is 10.7. The van der Waals surface area contributed by atoms with Crippen LogP contribution in [0.25, 0.3) is 0 Å². The molecule has 4 rings (SSSR count). The van der Waals surface area contributed by atoms with Gasteiger partial charge in [-0.25, -0.2) is 0 Å². The van der Waals surface area contributed by atoms with Crippen LogP contribution in [0.1, 0.15) is 64.2 Å². The van der Waals surface area contributed by atoms with Crippen LogP contribution in [0.15, 0.2) is 0 Å². The van der Waals surface area contributed by atoms with Gasteiger partial charge in [-0.3, -0.25) is 0 Å². The molecule has 1 nitrogen and oxygen atoms in total. The molecule has 0 aromatic carbocycles. The van der Waals surface area contributed by atoms with Crippen molar-refractivity contribution in [3.63, 3.8) is 0 Å². The minimum absolute atomic E-state index is 0.0558. The average molecular weight is 248 g/mol. The molecule has 0 bridgehead atoms. The SMILES string of the molecule is O[C@H]1CC2CCCC2C2CCC3CCCCC3C21. The molecule has 6 unspecified atom stereocenters. The molecule has 0 spiro atoms. The van der Waals surface area contributed by atoms with E-state index in [-0.39, 0.29) is 6.10 Å². The molecule has 0 aliphatic heterocycles. The predicted molar refractivity (Wildman–Crippen MR) is 73.1 cm³/mol. The Morgan fingerprint density at radius 1 is 0.611 bits per heavy atom. The van der Waals surface area contributed by atoms with Crippen molar-refractivity contribution in [2.75, 3.05) is 0 Å². The van der Waals surface area contributed by atoms with Crippen molar-refractivity contribution < 1.29 is 5.11 Å². The van der Waals surface area contributed by atoms with Crippen LogP contribution in [0.3, 0.4) is 0 Å². The highest BCUT2D eigenvalue weighted by Gasteiger charge is 2.51. The van der Waals surface area contributed by atoms with E-state index in [1.165, 1.54) is 57.8 Å². The normalized spacial score (nSPS) is 55.5. The van der Waals surface area contributed by atoms with Gasteiger partial charge in [0, 0.05) is 0 Å². The van der Waals surface area contributed by atoms with Gasteiger partial charge in [-0.05, 0) is 67.6 Å². The Hall–Kier alpha value is -0.0400. The van der Waals surface area contributed by atoms with Gasteiger partial charge in [-0.2, -0.15) is 0 Å². The van der Waals surface area contributed by atoms with Crippen LogP contribution in [0, 0.1) is 35.5 Å². The molecule has 18 heavy (non-hydrogen) atoms. The molecular weight excluding hydrogens is 220 g/mol. The second-order valence-corrected chi connectivity index (χ2v) is 7.68. The first kappa shape index (κ1) is 11.8. The van der Waals surface area contributed by atoms with Gasteiger partial charge in [-0.1, -0.05) is 32.1 Å². The number of hydrogen-bond donors (Lipinski definition) is 1. The van der Waals surface area contributed by atoms with E-state index < -0.39 is 0 Å². The van der Waals surface area contributed by atoms with E-state index in [4.69, 9.17) is 0 Å². The zero-order valence-electron chi connectivity index (χ0n) is 11.6. The van der Waals surface area contributed by atoms with Crippen LogP contribution in [0.4, 0.5) is 0 Å². The summed E-state index contributed by atoms with van der Waals surface area (Å²) in [5.74, 6) is 5.37. The molecule has 0 aromatic heterocycles. The molecule has 1 N–H and O–H groups in total.